The van der Waals surface area contributed by atoms with E-state index < -0.39 is 11.9 Å². The SMILES string of the molecule is Cc1cccc(CC(C(=O)O)c2ccc3c(c2)CCCC3)c1. The lowest BCUT2D eigenvalue weighted by molar-refractivity contribution is -0.138. The molecule has 0 heterocycles. The fourth-order valence-corrected chi connectivity index (χ4v) is 3.39. The van der Waals surface area contributed by atoms with Gasteiger partial charge in [-0.15, -0.1) is 0 Å². The summed E-state index contributed by atoms with van der Waals surface area (Å²) in [5.74, 6) is -1.20. The average molecular weight is 294 g/mol. The van der Waals surface area contributed by atoms with Crippen LogP contribution in [-0.4, -0.2) is 11.1 Å². The largest absolute Gasteiger partial charge is 0.481 e. The molecule has 0 fully saturated rings. The van der Waals surface area contributed by atoms with E-state index in [-0.39, 0.29) is 0 Å². The van der Waals surface area contributed by atoms with E-state index in [2.05, 4.69) is 18.2 Å². The molecule has 2 aromatic carbocycles. The van der Waals surface area contributed by atoms with E-state index in [1.165, 1.54) is 29.5 Å². The summed E-state index contributed by atoms with van der Waals surface area (Å²) in [7, 11) is 0. The van der Waals surface area contributed by atoms with Crippen molar-refractivity contribution < 1.29 is 9.90 Å². The molecule has 0 radical (unpaired) electrons. The smallest absolute Gasteiger partial charge is 0.311 e. The number of carboxylic acid groups (broad SMARTS) is 1. The van der Waals surface area contributed by atoms with Crippen molar-refractivity contribution in [1.29, 1.82) is 0 Å². The van der Waals surface area contributed by atoms with Crippen LogP contribution in [0.25, 0.3) is 0 Å². The van der Waals surface area contributed by atoms with Gasteiger partial charge in [0.2, 0.25) is 0 Å². The minimum Gasteiger partial charge on any atom is -0.481 e. The van der Waals surface area contributed by atoms with Gasteiger partial charge in [-0.3, -0.25) is 4.79 Å². The van der Waals surface area contributed by atoms with Crippen LogP contribution in [0.5, 0.6) is 0 Å². The maximum atomic E-state index is 11.8. The van der Waals surface area contributed by atoms with Crippen molar-refractivity contribution >= 4 is 5.97 Å². The van der Waals surface area contributed by atoms with Crippen LogP contribution in [0.1, 0.15) is 46.6 Å². The molecule has 114 valence electrons. The number of carboxylic acids is 1. The fourth-order valence-electron chi connectivity index (χ4n) is 3.39. The molecular formula is C20H22O2. The lowest BCUT2D eigenvalue weighted by Gasteiger charge is -2.19. The second kappa shape index (κ2) is 6.35. The molecule has 2 nitrogen and oxygen atoms in total. The number of benzene rings is 2. The van der Waals surface area contributed by atoms with Crippen molar-refractivity contribution in [3.63, 3.8) is 0 Å². The van der Waals surface area contributed by atoms with Crippen LogP contribution in [0.4, 0.5) is 0 Å². The van der Waals surface area contributed by atoms with Crippen molar-refractivity contribution in [2.75, 3.05) is 0 Å². The number of fused-ring (bicyclic) bond motifs is 1. The zero-order chi connectivity index (χ0) is 15.5. The first kappa shape index (κ1) is 14.8. The first-order valence-electron chi connectivity index (χ1n) is 8.03. The highest BCUT2D eigenvalue weighted by Gasteiger charge is 2.22. The predicted octanol–water partition coefficient (Wildman–Crippen LogP) is 4.28. The van der Waals surface area contributed by atoms with Crippen molar-refractivity contribution in [2.45, 2.75) is 44.9 Å². The van der Waals surface area contributed by atoms with E-state index in [1.54, 1.807) is 0 Å². The monoisotopic (exact) mass is 294 g/mol. The van der Waals surface area contributed by atoms with Crippen LogP contribution in [0, 0.1) is 6.92 Å². The first-order valence-corrected chi connectivity index (χ1v) is 8.03. The highest BCUT2D eigenvalue weighted by molar-refractivity contribution is 5.76. The van der Waals surface area contributed by atoms with Gasteiger partial charge in [0.15, 0.2) is 0 Å². The Morgan fingerprint density at radius 1 is 1.09 bits per heavy atom. The molecule has 1 N–H and O–H groups in total. The molecule has 0 aliphatic heterocycles. The van der Waals surface area contributed by atoms with Gasteiger partial charge in [-0.1, -0.05) is 48.0 Å². The highest BCUT2D eigenvalue weighted by atomic mass is 16.4. The third-order valence-corrected chi connectivity index (χ3v) is 4.60. The van der Waals surface area contributed by atoms with Gasteiger partial charge in [0, 0.05) is 0 Å². The lowest BCUT2D eigenvalue weighted by Crippen LogP contribution is -2.15. The Bertz CT molecular complexity index is 688. The van der Waals surface area contributed by atoms with Crippen LogP contribution in [0.3, 0.4) is 0 Å². The molecule has 0 amide bonds. The van der Waals surface area contributed by atoms with E-state index >= 15 is 0 Å². The van der Waals surface area contributed by atoms with Gasteiger partial charge < -0.3 is 5.11 Å². The Morgan fingerprint density at radius 3 is 2.59 bits per heavy atom. The van der Waals surface area contributed by atoms with Gasteiger partial charge >= 0.3 is 5.97 Å². The van der Waals surface area contributed by atoms with E-state index in [1.807, 2.05) is 31.2 Å². The van der Waals surface area contributed by atoms with Crippen molar-refractivity contribution in [3.05, 3.63) is 70.3 Å². The van der Waals surface area contributed by atoms with Crippen molar-refractivity contribution in [2.24, 2.45) is 0 Å². The number of hydrogen-bond donors (Lipinski definition) is 1. The van der Waals surface area contributed by atoms with Crippen LogP contribution in [-0.2, 0) is 24.1 Å². The molecule has 1 aliphatic carbocycles. The summed E-state index contributed by atoms with van der Waals surface area (Å²) < 4.78 is 0. The lowest BCUT2D eigenvalue weighted by atomic mass is 9.85. The molecule has 2 heteroatoms. The highest BCUT2D eigenvalue weighted by Crippen LogP contribution is 2.28. The molecule has 0 bridgehead atoms. The van der Waals surface area contributed by atoms with E-state index in [4.69, 9.17) is 0 Å². The van der Waals surface area contributed by atoms with E-state index in [0.717, 1.165) is 24.0 Å². The molecule has 0 aromatic heterocycles. The summed E-state index contributed by atoms with van der Waals surface area (Å²) in [6, 6.07) is 14.4. The number of hydrogen-bond acceptors (Lipinski definition) is 1. The molecule has 1 unspecified atom stereocenters. The van der Waals surface area contributed by atoms with Gasteiger partial charge in [-0.05, 0) is 61.3 Å². The van der Waals surface area contributed by atoms with Gasteiger partial charge in [-0.25, -0.2) is 0 Å². The summed E-state index contributed by atoms with van der Waals surface area (Å²) >= 11 is 0. The van der Waals surface area contributed by atoms with Crippen LogP contribution in [0.15, 0.2) is 42.5 Å². The number of rotatable bonds is 4. The number of carbonyl (C=O) groups is 1. The number of aryl methyl sites for hydroxylation is 3. The normalized spacial score (nSPS) is 15.1. The molecule has 1 aliphatic rings. The molecule has 22 heavy (non-hydrogen) atoms. The summed E-state index contributed by atoms with van der Waals surface area (Å²) in [4.78, 5) is 11.8. The van der Waals surface area contributed by atoms with Crippen LogP contribution >= 0.6 is 0 Å². The Balaban J connectivity index is 1.89. The second-order valence-corrected chi connectivity index (χ2v) is 6.32. The zero-order valence-electron chi connectivity index (χ0n) is 13.0. The zero-order valence-corrected chi connectivity index (χ0v) is 13.0. The molecular weight excluding hydrogens is 272 g/mol. The van der Waals surface area contributed by atoms with Gasteiger partial charge in [0.05, 0.1) is 5.92 Å². The first-order chi connectivity index (χ1) is 10.6. The maximum Gasteiger partial charge on any atom is 0.311 e. The van der Waals surface area contributed by atoms with Crippen molar-refractivity contribution in [3.8, 4) is 0 Å². The Morgan fingerprint density at radius 2 is 1.86 bits per heavy atom. The molecule has 3 rings (SSSR count). The molecule has 0 saturated heterocycles. The second-order valence-electron chi connectivity index (χ2n) is 6.32. The van der Waals surface area contributed by atoms with Crippen LogP contribution in [0.2, 0.25) is 0 Å². The minimum absolute atomic E-state index is 0.464. The Hall–Kier alpha value is -2.09. The molecule has 2 aromatic rings. The molecule has 0 saturated carbocycles. The summed E-state index contributed by atoms with van der Waals surface area (Å²) in [5.41, 5.74) is 5.95. The predicted molar refractivity (Wildman–Crippen MR) is 88.3 cm³/mol. The third kappa shape index (κ3) is 3.22. The number of aliphatic carboxylic acids is 1. The van der Waals surface area contributed by atoms with Gasteiger partial charge in [0.25, 0.3) is 0 Å². The summed E-state index contributed by atoms with van der Waals surface area (Å²) in [6.45, 7) is 2.04. The standard InChI is InChI=1S/C20H22O2/c1-14-5-4-6-15(11-14)12-19(20(21)22)18-10-9-16-7-2-3-8-17(16)13-18/h4-6,9-11,13,19H,2-3,7-8,12H2,1H3,(H,21,22). The Labute approximate surface area is 131 Å². The minimum atomic E-state index is -0.739. The fraction of sp³-hybridized carbons (Fsp3) is 0.350. The topological polar surface area (TPSA) is 37.3 Å². The quantitative estimate of drug-likeness (QED) is 0.913. The summed E-state index contributed by atoms with van der Waals surface area (Å²) in [6.07, 6.45) is 5.23. The van der Waals surface area contributed by atoms with Crippen molar-refractivity contribution in [1.82, 2.24) is 0 Å². The molecule has 1 atom stereocenters. The Kier molecular flexibility index (Phi) is 4.28. The average Bonchev–Trinajstić information content (AvgIpc) is 2.52. The summed E-state index contributed by atoms with van der Waals surface area (Å²) in [5, 5.41) is 9.66. The van der Waals surface area contributed by atoms with Gasteiger partial charge in [0.1, 0.15) is 0 Å². The molecule has 0 spiro atoms. The van der Waals surface area contributed by atoms with Gasteiger partial charge in [-0.2, -0.15) is 0 Å². The van der Waals surface area contributed by atoms with E-state index in [0.29, 0.717) is 6.42 Å². The third-order valence-electron chi connectivity index (χ3n) is 4.60. The maximum absolute atomic E-state index is 11.8. The van der Waals surface area contributed by atoms with Crippen LogP contribution < -0.4 is 0 Å². The van der Waals surface area contributed by atoms with E-state index in [9.17, 15) is 9.90 Å².